The van der Waals surface area contributed by atoms with Crippen molar-refractivity contribution in [1.82, 2.24) is 9.97 Å². The summed E-state index contributed by atoms with van der Waals surface area (Å²) in [6.07, 6.45) is 0. The van der Waals surface area contributed by atoms with Gasteiger partial charge in [0.2, 0.25) is 0 Å². The number of aromatic hydroxyl groups is 1. The highest BCUT2D eigenvalue weighted by atomic mass is 16.3. The zero-order valence-electron chi connectivity index (χ0n) is 6.50. The predicted molar refractivity (Wildman–Crippen MR) is 46.9 cm³/mol. The molecule has 3 N–H and O–H groups in total. The van der Waals surface area contributed by atoms with Crippen LogP contribution in [0.25, 0.3) is 10.9 Å². The summed E-state index contributed by atoms with van der Waals surface area (Å²) in [5.41, 5.74) is -0.649. The second-order valence-electron chi connectivity index (χ2n) is 2.64. The molecule has 5 nitrogen and oxygen atoms in total. The van der Waals surface area contributed by atoms with Gasteiger partial charge in [-0.15, -0.1) is 0 Å². The third kappa shape index (κ3) is 1.20. The van der Waals surface area contributed by atoms with Gasteiger partial charge in [0, 0.05) is 0 Å². The van der Waals surface area contributed by atoms with Crippen LogP contribution in [0.5, 0.6) is 5.75 Å². The number of benzene rings is 1. The first-order valence-electron chi connectivity index (χ1n) is 3.62. The number of H-pyrrole nitrogens is 2. The molecule has 0 aliphatic heterocycles. The van der Waals surface area contributed by atoms with Crippen LogP contribution in [0.4, 0.5) is 0 Å². The smallest absolute Gasteiger partial charge is 0.326 e. The Balaban J connectivity index is 3.04. The molecule has 0 amide bonds. The highest BCUT2D eigenvalue weighted by Gasteiger charge is 2.00. The number of hydrogen-bond donors (Lipinski definition) is 3. The molecule has 0 radical (unpaired) electrons. The number of aromatic amines is 2. The molecule has 66 valence electrons. The van der Waals surface area contributed by atoms with Gasteiger partial charge in [-0.05, 0) is 18.2 Å². The molecular weight excluding hydrogens is 172 g/mol. The van der Waals surface area contributed by atoms with Crippen LogP contribution in [0, 0.1) is 0 Å². The lowest BCUT2D eigenvalue weighted by atomic mass is 10.2. The standard InChI is InChI=1S/C8H6N2O3/c11-4-1-2-6-5(3-4)7(12)10-8(13)9-6/h1-3,11H,(H2,9,10,12,13). The summed E-state index contributed by atoms with van der Waals surface area (Å²) in [6, 6.07) is 4.17. The van der Waals surface area contributed by atoms with Gasteiger partial charge < -0.3 is 10.1 Å². The van der Waals surface area contributed by atoms with Crippen molar-refractivity contribution in [1.29, 1.82) is 0 Å². The average Bonchev–Trinajstić information content (AvgIpc) is 2.06. The van der Waals surface area contributed by atoms with Crippen LogP contribution in [0.2, 0.25) is 0 Å². The Morgan fingerprint density at radius 3 is 2.69 bits per heavy atom. The van der Waals surface area contributed by atoms with Gasteiger partial charge in [-0.25, -0.2) is 4.79 Å². The third-order valence-electron chi connectivity index (χ3n) is 1.72. The van der Waals surface area contributed by atoms with Crippen LogP contribution in [0.3, 0.4) is 0 Å². The summed E-state index contributed by atoms with van der Waals surface area (Å²) in [6.45, 7) is 0. The second kappa shape index (κ2) is 2.48. The van der Waals surface area contributed by atoms with E-state index in [4.69, 9.17) is 5.11 Å². The van der Waals surface area contributed by atoms with Crippen molar-refractivity contribution in [2.45, 2.75) is 0 Å². The maximum absolute atomic E-state index is 11.2. The van der Waals surface area contributed by atoms with Gasteiger partial charge in [0.1, 0.15) is 5.75 Å². The molecule has 1 heterocycles. The zero-order chi connectivity index (χ0) is 9.42. The van der Waals surface area contributed by atoms with Crippen LogP contribution in [0.15, 0.2) is 27.8 Å². The van der Waals surface area contributed by atoms with E-state index >= 15 is 0 Å². The van der Waals surface area contributed by atoms with Gasteiger partial charge in [0.05, 0.1) is 10.9 Å². The monoisotopic (exact) mass is 178 g/mol. The first-order chi connectivity index (χ1) is 6.16. The van der Waals surface area contributed by atoms with E-state index in [9.17, 15) is 9.59 Å². The minimum Gasteiger partial charge on any atom is -0.508 e. The topological polar surface area (TPSA) is 85.9 Å². The number of fused-ring (bicyclic) bond motifs is 1. The molecule has 0 bridgehead atoms. The van der Waals surface area contributed by atoms with Crippen LogP contribution < -0.4 is 11.2 Å². The summed E-state index contributed by atoms with van der Waals surface area (Å²) in [4.78, 5) is 26.5. The number of aromatic nitrogens is 2. The van der Waals surface area contributed by atoms with Crippen molar-refractivity contribution in [3.63, 3.8) is 0 Å². The number of nitrogens with one attached hydrogen (secondary N) is 2. The lowest BCUT2D eigenvalue weighted by molar-refractivity contribution is 0.476. The van der Waals surface area contributed by atoms with E-state index in [-0.39, 0.29) is 11.1 Å². The fourth-order valence-corrected chi connectivity index (χ4v) is 1.15. The minimum absolute atomic E-state index is 0.00921. The number of phenols is 1. The SMILES string of the molecule is O=c1[nH]c(=O)c2cc(O)ccc2[nH]1. The van der Waals surface area contributed by atoms with Crippen molar-refractivity contribution < 1.29 is 5.11 Å². The molecule has 0 aliphatic rings. The van der Waals surface area contributed by atoms with Gasteiger partial charge in [-0.3, -0.25) is 9.78 Å². The Kier molecular flexibility index (Phi) is 1.45. The van der Waals surface area contributed by atoms with E-state index in [1.807, 2.05) is 0 Å². The van der Waals surface area contributed by atoms with Crippen LogP contribution in [-0.2, 0) is 0 Å². The highest BCUT2D eigenvalue weighted by molar-refractivity contribution is 5.78. The summed E-state index contributed by atoms with van der Waals surface area (Å²) in [5.74, 6) is -0.00921. The lowest BCUT2D eigenvalue weighted by Gasteiger charge is -1.95. The van der Waals surface area contributed by atoms with Gasteiger partial charge in [-0.2, -0.15) is 0 Å². The van der Waals surface area contributed by atoms with Crippen LogP contribution >= 0.6 is 0 Å². The van der Waals surface area contributed by atoms with Crippen LogP contribution in [-0.4, -0.2) is 15.1 Å². The van der Waals surface area contributed by atoms with E-state index in [0.717, 1.165) is 0 Å². The molecule has 2 aromatic rings. The summed E-state index contributed by atoms with van der Waals surface area (Å²) >= 11 is 0. The fraction of sp³-hybridized carbons (Fsp3) is 0. The number of phenolic OH excluding ortho intramolecular Hbond substituents is 1. The Bertz CT molecular complexity index is 567. The van der Waals surface area contributed by atoms with Crippen molar-refractivity contribution in [2.24, 2.45) is 0 Å². The molecule has 1 aromatic heterocycles. The first-order valence-corrected chi connectivity index (χ1v) is 3.62. The van der Waals surface area contributed by atoms with Gasteiger partial charge in [-0.1, -0.05) is 0 Å². The highest BCUT2D eigenvalue weighted by Crippen LogP contribution is 2.12. The maximum atomic E-state index is 11.2. The summed E-state index contributed by atoms with van der Waals surface area (Å²) < 4.78 is 0. The molecule has 2 rings (SSSR count). The van der Waals surface area contributed by atoms with Crippen LogP contribution in [0.1, 0.15) is 0 Å². The Labute approximate surface area is 71.7 Å². The largest absolute Gasteiger partial charge is 0.508 e. The number of hydrogen-bond acceptors (Lipinski definition) is 3. The Morgan fingerprint density at radius 1 is 1.15 bits per heavy atom. The second-order valence-corrected chi connectivity index (χ2v) is 2.64. The van der Waals surface area contributed by atoms with Crippen molar-refractivity contribution in [3.05, 3.63) is 39.0 Å². The average molecular weight is 178 g/mol. The third-order valence-corrected chi connectivity index (χ3v) is 1.72. The molecule has 0 fully saturated rings. The van der Waals surface area contributed by atoms with E-state index in [1.54, 1.807) is 0 Å². The van der Waals surface area contributed by atoms with Crippen molar-refractivity contribution in [3.8, 4) is 5.75 Å². The quantitative estimate of drug-likeness (QED) is 0.527. The predicted octanol–water partition coefficient (Wildman–Crippen LogP) is -0.0780. The Hall–Kier alpha value is -2.04. The van der Waals surface area contributed by atoms with Crippen molar-refractivity contribution >= 4 is 10.9 Å². The number of rotatable bonds is 0. The molecule has 0 saturated heterocycles. The van der Waals surface area contributed by atoms with E-state index < -0.39 is 11.2 Å². The molecular formula is C8H6N2O3. The van der Waals surface area contributed by atoms with Gasteiger partial charge in [0.15, 0.2) is 0 Å². The molecule has 0 unspecified atom stereocenters. The zero-order valence-corrected chi connectivity index (χ0v) is 6.50. The maximum Gasteiger partial charge on any atom is 0.326 e. The fourth-order valence-electron chi connectivity index (χ4n) is 1.15. The van der Waals surface area contributed by atoms with E-state index in [0.29, 0.717) is 5.52 Å². The molecule has 0 atom stereocenters. The molecule has 0 spiro atoms. The van der Waals surface area contributed by atoms with Crippen molar-refractivity contribution in [2.75, 3.05) is 0 Å². The van der Waals surface area contributed by atoms with Gasteiger partial charge >= 0.3 is 5.69 Å². The first kappa shape index (κ1) is 7.60. The van der Waals surface area contributed by atoms with E-state index in [1.165, 1.54) is 18.2 Å². The minimum atomic E-state index is -0.553. The normalized spacial score (nSPS) is 10.5. The molecule has 5 heteroatoms. The summed E-state index contributed by atoms with van der Waals surface area (Å²) in [7, 11) is 0. The molecule has 1 aromatic carbocycles. The van der Waals surface area contributed by atoms with Gasteiger partial charge in [0.25, 0.3) is 5.56 Å². The molecule has 0 saturated carbocycles. The Morgan fingerprint density at radius 2 is 1.92 bits per heavy atom. The summed E-state index contributed by atoms with van der Waals surface area (Å²) in [5, 5.41) is 9.34. The van der Waals surface area contributed by atoms with E-state index in [2.05, 4.69) is 9.97 Å². The molecule has 0 aliphatic carbocycles. The molecule has 13 heavy (non-hydrogen) atoms. The lowest BCUT2D eigenvalue weighted by Crippen LogP contribution is -2.21.